The zero-order chi connectivity index (χ0) is 95.9. The third kappa shape index (κ3) is 14.8. The van der Waals surface area contributed by atoms with E-state index in [9.17, 15) is 38.7 Å². The molecule has 20 aliphatic rings. The maximum Gasteiger partial charge on any atom is 0.415 e. The zero-order valence-corrected chi connectivity index (χ0v) is 83.3. The Balaban J connectivity index is 0.0000000989. The van der Waals surface area contributed by atoms with Crippen LogP contribution >= 0.6 is 0 Å². The number of phenolic OH excluding ortho intramolecular Hbond substituents is 1. The van der Waals surface area contributed by atoms with E-state index in [1.165, 1.54) is 110 Å². The number of piperidine rings is 5. The van der Waals surface area contributed by atoms with Gasteiger partial charge >= 0.3 is 6.09 Å². The molecule has 5 spiro atoms. The summed E-state index contributed by atoms with van der Waals surface area (Å²) in [5.41, 5.74) is 23.5. The highest BCUT2D eigenvalue weighted by atomic mass is 16.6. The van der Waals surface area contributed by atoms with Crippen LogP contribution in [-0.2, 0) is 34.7 Å². The summed E-state index contributed by atoms with van der Waals surface area (Å²) in [6.45, 7) is 51.7. The van der Waals surface area contributed by atoms with Crippen LogP contribution in [0.1, 0.15) is 230 Å². The summed E-state index contributed by atoms with van der Waals surface area (Å²) in [5, 5.41) is 14.7. The first-order valence-corrected chi connectivity index (χ1v) is 50.8. The molecule has 714 valence electrons. The second-order valence-corrected chi connectivity index (χ2v) is 44.3. The quantitative estimate of drug-likeness (QED) is 0.106. The predicted octanol–water partition coefficient (Wildman–Crippen LogP) is 19.7. The second kappa shape index (κ2) is 34.4. The van der Waals surface area contributed by atoms with Crippen molar-refractivity contribution < 1.29 is 52.6 Å². The summed E-state index contributed by atoms with van der Waals surface area (Å²) in [6.07, 6.45) is 25.8. The number of furan rings is 1. The first-order chi connectivity index (χ1) is 65.1. The Bertz CT molecular complexity index is 6350. The lowest BCUT2D eigenvalue weighted by Crippen LogP contribution is -2.48. The fraction of sp³-hybridized carbons (Fsp3) is 0.513. The number of ketones is 5. The van der Waals surface area contributed by atoms with Gasteiger partial charge in [-0.3, -0.25) is 33.8 Å². The number of benzene rings is 5. The molecule has 21 nitrogen and oxygen atoms in total. The summed E-state index contributed by atoms with van der Waals surface area (Å²) in [5.74, 6) is 7.01. The zero-order valence-electron chi connectivity index (χ0n) is 83.3. The monoisotopic (exact) mass is 1840 g/mol. The number of likely N-dealkylation sites (N-methyl/N-ethyl adjacent to an activating group) is 1. The van der Waals surface area contributed by atoms with E-state index < -0.39 is 0 Å². The average molecular weight is 1840 g/mol. The van der Waals surface area contributed by atoms with Gasteiger partial charge in [-0.1, -0.05) is 98.8 Å². The van der Waals surface area contributed by atoms with Crippen molar-refractivity contribution in [1.29, 1.82) is 0 Å². The number of likely N-dealkylation sites (tertiary alicyclic amines) is 5. The summed E-state index contributed by atoms with van der Waals surface area (Å²) in [4.78, 5) is 109. The summed E-state index contributed by atoms with van der Waals surface area (Å²) >= 11 is 0. The number of nitrogens with zero attached hydrogens (tertiary/aromatic N) is 10. The molecule has 6 saturated heterocycles. The molecule has 21 heteroatoms. The van der Waals surface area contributed by atoms with Gasteiger partial charge in [0.25, 0.3) is 6.47 Å². The lowest BCUT2D eigenvalue weighted by Gasteiger charge is -2.33. The van der Waals surface area contributed by atoms with Crippen LogP contribution in [0.5, 0.6) is 11.5 Å². The molecule has 136 heavy (non-hydrogen) atoms. The number of carbonyl (C=O) groups is 7. The van der Waals surface area contributed by atoms with Crippen LogP contribution in [0.25, 0.3) is 21.5 Å². The molecule has 11 aliphatic carbocycles. The van der Waals surface area contributed by atoms with E-state index in [0.29, 0.717) is 128 Å². The van der Waals surface area contributed by atoms with Gasteiger partial charge in [-0.2, -0.15) is 0 Å². The number of aliphatic imine (C=N–C) groups is 1. The average Bonchev–Trinajstić information content (AvgIpc) is 1.52. The molecule has 0 radical (unpaired) electrons. The maximum atomic E-state index is 12.8. The van der Waals surface area contributed by atoms with Gasteiger partial charge in [0.05, 0.1) is 12.8 Å². The minimum absolute atomic E-state index is 0.0388. The van der Waals surface area contributed by atoms with E-state index in [4.69, 9.17) is 13.9 Å². The molecule has 5 aromatic carbocycles. The topological polar surface area (TPSA) is 213 Å². The number of fused-ring (bicyclic) bond motifs is 8. The minimum atomic E-state index is -0.237. The summed E-state index contributed by atoms with van der Waals surface area (Å²) in [6, 6.07) is 32.0. The van der Waals surface area contributed by atoms with Crippen molar-refractivity contribution in [2.75, 3.05) is 102 Å². The molecule has 1 aromatic heterocycles. The number of aryl methyl sites for hydroxylation is 1. The van der Waals surface area contributed by atoms with E-state index >= 15 is 0 Å². The molecule has 1 amide bonds. The Morgan fingerprint density at radius 1 is 0.515 bits per heavy atom. The van der Waals surface area contributed by atoms with Crippen molar-refractivity contribution in [1.82, 2.24) is 34.3 Å². The number of hydrogen-bond acceptors (Lipinski definition) is 20. The third-order valence-electron chi connectivity index (χ3n) is 34.4. The van der Waals surface area contributed by atoms with Gasteiger partial charge in [0, 0.05) is 281 Å². The van der Waals surface area contributed by atoms with Gasteiger partial charge in [0.15, 0.2) is 28.9 Å². The molecule has 1 N–H and O–H groups in total. The number of allylic oxidation sites excluding steroid dienone is 13. The number of ether oxygens (including phenoxy) is 2. The van der Waals surface area contributed by atoms with E-state index in [1.54, 1.807) is 12.3 Å². The number of aromatic hydroxyl groups is 1. The van der Waals surface area contributed by atoms with Crippen LogP contribution in [0.3, 0.4) is 0 Å². The van der Waals surface area contributed by atoms with Gasteiger partial charge in [-0.15, -0.1) is 0 Å². The Hall–Kier alpha value is -11.3. The highest BCUT2D eigenvalue weighted by molar-refractivity contribution is 6.18. The molecular weight excluding hydrogens is 1700 g/mol. The van der Waals surface area contributed by atoms with Gasteiger partial charge in [0.1, 0.15) is 18.1 Å². The molecule has 5 saturated carbocycles. The summed E-state index contributed by atoms with van der Waals surface area (Å²) < 4.78 is 16.3. The Kier molecular flexibility index (Phi) is 23.4. The highest BCUT2D eigenvalue weighted by Gasteiger charge is 2.72. The van der Waals surface area contributed by atoms with Crippen molar-refractivity contribution in [3.8, 4) is 11.5 Å². The first kappa shape index (κ1) is 92.4. The van der Waals surface area contributed by atoms with Crippen molar-refractivity contribution in [2.24, 2.45) is 50.8 Å². The van der Waals surface area contributed by atoms with Gasteiger partial charge in [-0.05, 0) is 248 Å². The fourth-order valence-electron chi connectivity index (χ4n) is 27.1. The maximum absolute atomic E-state index is 12.8. The Morgan fingerprint density at radius 3 is 1.60 bits per heavy atom. The van der Waals surface area contributed by atoms with E-state index in [0.717, 1.165) is 134 Å². The molecule has 10 heterocycles. The second-order valence-electron chi connectivity index (χ2n) is 44.3. The van der Waals surface area contributed by atoms with Crippen molar-refractivity contribution in [3.05, 3.63) is 235 Å². The standard InChI is InChI=1S/C23H31N3O2.C17H19NO3.C17H21NO.C16H17NO.C15H18N2O.C15H17NO2.C12H15NO/c1-5-17-15-26(16(2)3)20-14-21(18-8-6-7-9-19(18)22(17)20)28-23(27)25-12-10-24(4)11-13-25;1-10(2)18-7-12-6-17(12)14-4-11(8-21-9-19)3-13(14)15(20)5-16(17)18;1-4-12-10-18(11(2)3)15-9-16(19)13-7-5-6-8-14(13)17(12)15;1-10(2)17-9-11-8-16(11)13-6-4-3-5-12(13)14(18)7-15(16)17;1-8(2)17-7-10-5-15(10)13(17)4-12(18)11-6-16-9(3)14(11)15;1-8(2)16-6-10-5-15(10)12(16)4-11(17)14-13(15)9(3)7-18-14;1-8(2)13-7-9-6-12(9)4-3-10(14)5-11(12)13/h6-9,14,16-17H,5,10-13,15H2,1-4H3;4-5,9-10,12H,3,6-8H2,1-2H3;5-9,11-12,19H,4,10H2,1-3H3;3-7,10-11H,8-9H2,1-2H3;4,8,10H,5-7H2,1-3H3;4,7-8,10H,5-6H2,1-3H3;3-5,8-9H,6-7H2,1-2H3. The number of rotatable bonds is 13. The Labute approximate surface area is 802 Å². The molecule has 0 bridgehead atoms. The van der Waals surface area contributed by atoms with Crippen LogP contribution in [-0.4, -0.2) is 221 Å². The van der Waals surface area contributed by atoms with Gasteiger partial charge in [-0.25, -0.2) is 4.79 Å². The van der Waals surface area contributed by atoms with Crippen molar-refractivity contribution in [3.63, 3.8) is 0 Å². The minimum Gasteiger partial charge on any atom is -0.507 e. The van der Waals surface area contributed by atoms with E-state index in [1.807, 2.05) is 71.7 Å². The van der Waals surface area contributed by atoms with E-state index in [2.05, 4.69) is 237 Å². The highest BCUT2D eigenvalue weighted by Crippen LogP contribution is 2.74. The molecule has 12 atom stereocenters. The molecular formula is C115H138N10O11. The largest absolute Gasteiger partial charge is 0.507 e. The van der Waals surface area contributed by atoms with Crippen molar-refractivity contribution >= 4 is 80.1 Å². The molecule has 12 unspecified atom stereocenters. The normalized spacial score (nSPS) is 29.0. The summed E-state index contributed by atoms with van der Waals surface area (Å²) in [7, 11) is 2.08. The van der Waals surface area contributed by atoms with Crippen LogP contribution in [0.15, 0.2) is 206 Å². The van der Waals surface area contributed by atoms with Crippen LogP contribution in [0.4, 0.5) is 16.2 Å². The van der Waals surface area contributed by atoms with Crippen LogP contribution in [0.2, 0.25) is 0 Å². The smallest absolute Gasteiger partial charge is 0.415 e. The van der Waals surface area contributed by atoms with E-state index in [-0.39, 0.29) is 62.1 Å². The number of anilines is 2. The number of piperazine rings is 1. The van der Waals surface area contributed by atoms with Crippen LogP contribution in [0, 0.1) is 52.8 Å². The van der Waals surface area contributed by atoms with Gasteiger partial charge < -0.3 is 63.1 Å². The molecule has 11 fully saturated rings. The molecule has 9 aliphatic heterocycles. The van der Waals surface area contributed by atoms with Crippen molar-refractivity contribution in [2.45, 2.75) is 241 Å². The third-order valence-corrected chi connectivity index (χ3v) is 34.4. The number of amides is 1. The Morgan fingerprint density at radius 2 is 0.993 bits per heavy atom. The van der Waals surface area contributed by atoms with Gasteiger partial charge in [0.2, 0.25) is 5.78 Å². The number of phenols is 1. The molecule has 26 rings (SSSR count). The van der Waals surface area contributed by atoms with Crippen LogP contribution < -0.4 is 14.5 Å². The lowest BCUT2D eigenvalue weighted by molar-refractivity contribution is -0.127. The predicted molar refractivity (Wildman–Crippen MR) is 536 cm³/mol. The molecule has 6 aromatic rings. The lowest BCUT2D eigenvalue weighted by atomic mass is 9.80. The number of carbonyl (C=O) groups excluding carboxylic acids is 7. The number of hydrogen-bond donors (Lipinski definition) is 1. The fourth-order valence-corrected chi connectivity index (χ4v) is 27.1. The SMILES string of the molecule is CC(C)N1CC2CC23C1=CC(=O)C1=C3C=C(COC=O)C1.CC(C)N1CC2CC23C1=CC(=O)c1ccccc13.CC(C)N1CC2CC23C=CC(=O)C=C13.CC1=NCC2=C1C13CC1CN(C(C)C)C3=CC2=O.CCC1CN(C(C)C)c2cc(O)c3ccccc3c21.CCC1CN(C(C)C)c2cc(OC(=O)N3CCN(C)CC3)c3ccccc3c21.Cc1coc2c1C13CC1CN(C(C)C)C3=CC2=O. The first-order valence-electron chi connectivity index (χ1n) is 50.8.